The number of benzene rings is 1. The number of hydrogen-bond acceptors (Lipinski definition) is 2. The Bertz CT molecular complexity index is 443. The maximum absolute atomic E-state index is 10.8. The van der Waals surface area contributed by atoms with E-state index in [1.807, 2.05) is 19.1 Å². The average Bonchev–Trinajstić information content (AvgIpc) is 2.44. The molecule has 1 aliphatic carbocycles. The summed E-state index contributed by atoms with van der Waals surface area (Å²) in [4.78, 5) is 0. The molecule has 1 N–H and O–H groups in total. The average molecular weight is 355 g/mol. The van der Waals surface area contributed by atoms with Crippen molar-refractivity contribution in [2.75, 3.05) is 6.61 Å². The summed E-state index contributed by atoms with van der Waals surface area (Å²) in [6.45, 7) is 7.31. The van der Waals surface area contributed by atoms with Gasteiger partial charge in [-0.2, -0.15) is 0 Å². The Morgan fingerprint density at radius 3 is 2.24 bits per heavy atom. The van der Waals surface area contributed by atoms with Crippen LogP contribution in [0.4, 0.5) is 0 Å². The number of rotatable bonds is 5. The van der Waals surface area contributed by atoms with Gasteiger partial charge in [0.1, 0.15) is 0 Å². The summed E-state index contributed by atoms with van der Waals surface area (Å²) < 4.78 is 7.13. The van der Waals surface area contributed by atoms with Crippen LogP contribution in [-0.2, 0) is 11.2 Å². The fourth-order valence-electron chi connectivity index (χ4n) is 3.24. The van der Waals surface area contributed by atoms with Gasteiger partial charge in [-0.1, -0.05) is 41.9 Å². The molecule has 0 aliphatic heterocycles. The van der Waals surface area contributed by atoms with Crippen LogP contribution in [0.25, 0.3) is 0 Å². The molecule has 2 nitrogen and oxygen atoms in total. The Labute approximate surface area is 137 Å². The molecular formula is C18H27BrO2. The fraction of sp³-hybridized carbons (Fsp3) is 0.667. The van der Waals surface area contributed by atoms with E-state index >= 15 is 0 Å². The van der Waals surface area contributed by atoms with E-state index in [1.54, 1.807) is 0 Å². The molecule has 1 saturated carbocycles. The topological polar surface area (TPSA) is 29.5 Å². The van der Waals surface area contributed by atoms with Crippen molar-refractivity contribution in [3.63, 3.8) is 0 Å². The molecule has 2 rings (SSSR count). The maximum Gasteiger partial charge on any atom is 0.0943 e. The van der Waals surface area contributed by atoms with Crippen molar-refractivity contribution < 1.29 is 9.84 Å². The highest BCUT2D eigenvalue weighted by Gasteiger charge is 2.44. The van der Waals surface area contributed by atoms with Gasteiger partial charge in [0.25, 0.3) is 0 Å². The summed E-state index contributed by atoms with van der Waals surface area (Å²) in [5.74, 6) is 0. The molecule has 1 atom stereocenters. The lowest BCUT2D eigenvalue weighted by Crippen LogP contribution is -2.50. The smallest absolute Gasteiger partial charge is 0.0943 e. The molecular weight excluding hydrogens is 328 g/mol. The molecule has 0 radical (unpaired) electrons. The Morgan fingerprint density at radius 2 is 1.71 bits per heavy atom. The van der Waals surface area contributed by atoms with Gasteiger partial charge in [-0.3, -0.25) is 0 Å². The van der Waals surface area contributed by atoms with Gasteiger partial charge in [0.2, 0.25) is 0 Å². The molecule has 1 aliphatic rings. The van der Waals surface area contributed by atoms with Gasteiger partial charge in [-0.25, -0.2) is 0 Å². The zero-order valence-corrected chi connectivity index (χ0v) is 14.9. The first kappa shape index (κ1) is 17.0. The lowest BCUT2D eigenvalue weighted by atomic mass is 9.68. The van der Waals surface area contributed by atoms with E-state index in [0.29, 0.717) is 18.4 Å². The van der Waals surface area contributed by atoms with Crippen molar-refractivity contribution in [3.8, 4) is 0 Å². The first-order valence-corrected chi connectivity index (χ1v) is 8.73. The van der Waals surface area contributed by atoms with Crippen LogP contribution in [0, 0.1) is 5.41 Å². The van der Waals surface area contributed by atoms with Crippen LogP contribution in [0.5, 0.6) is 0 Å². The molecule has 1 aromatic rings. The van der Waals surface area contributed by atoms with Crippen molar-refractivity contribution >= 4 is 15.9 Å². The summed E-state index contributed by atoms with van der Waals surface area (Å²) in [5, 5.41) is 10.8. The van der Waals surface area contributed by atoms with Crippen molar-refractivity contribution in [2.45, 2.75) is 64.6 Å². The van der Waals surface area contributed by atoms with E-state index in [0.717, 1.165) is 35.7 Å². The molecule has 1 fully saturated rings. The summed E-state index contributed by atoms with van der Waals surface area (Å²) in [7, 11) is 0. The zero-order valence-electron chi connectivity index (χ0n) is 13.4. The first-order chi connectivity index (χ1) is 9.87. The predicted octanol–water partition coefficient (Wildman–Crippen LogP) is 4.73. The SMILES string of the molecule is CCOC1(C(O)Cc2ccc(Br)cc2)CCC(C)(C)CC1. The van der Waals surface area contributed by atoms with E-state index < -0.39 is 6.10 Å². The number of aliphatic hydroxyl groups is 1. The molecule has 21 heavy (non-hydrogen) atoms. The number of aliphatic hydroxyl groups excluding tert-OH is 1. The number of ether oxygens (including phenoxy) is 1. The van der Waals surface area contributed by atoms with Gasteiger partial charge in [0, 0.05) is 17.5 Å². The van der Waals surface area contributed by atoms with Crippen LogP contribution >= 0.6 is 15.9 Å². The Kier molecular flexibility index (Phi) is 5.50. The van der Waals surface area contributed by atoms with Crippen molar-refractivity contribution in [3.05, 3.63) is 34.3 Å². The predicted molar refractivity (Wildman–Crippen MR) is 90.5 cm³/mol. The minimum absolute atomic E-state index is 0.364. The molecule has 0 aromatic heterocycles. The minimum Gasteiger partial charge on any atom is -0.390 e. The van der Waals surface area contributed by atoms with Crippen LogP contribution in [0.3, 0.4) is 0 Å². The number of halogens is 1. The lowest BCUT2D eigenvalue weighted by molar-refractivity contribution is -0.150. The third kappa shape index (κ3) is 4.30. The Hall–Kier alpha value is -0.380. The van der Waals surface area contributed by atoms with E-state index in [2.05, 4.69) is 41.9 Å². The lowest BCUT2D eigenvalue weighted by Gasteiger charge is -2.46. The van der Waals surface area contributed by atoms with Crippen molar-refractivity contribution in [2.24, 2.45) is 5.41 Å². The normalized spacial score (nSPS) is 22.0. The molecule has 0 heterocycles. The first-order valence-electron chi connectivity index (χ1n) is 7.93. The Balaban J connectivity index is 2.08. The molecule has 1 aromatic carbocycles. The molecule has 0 spiro atoms. The third-order valence-electron chi connectivity index (χ3n) is 4.83. The molecule has 0 amide bonds. The van der Waals surface area contributed by atoms with Crippen molar-refractivity contribution in [1.29, 1.82) is 0 Å². The summed E-state index contributed by atoms with van der Waals surface area (Å²) >= 11 is 3.45. The van der Waals surface area contributed by atoms with Crippen LogP contribution in [0.2, 0.25) is 0 Å². The Morgan fingerprint density at radius 1 is 1.14 bits per heavy atom. The van der Waals surface area contributed by atoms with Crippen LogP contribution in [0.1, 0.15) is 52.0 Å². The second kappa shape index (κ2) is 6.80. The number of hydrogen-bond donors (Lipinski definition) is 1. The van der Waals surface area contributed by atoms with Gasteiger partial charge in [0.05, 0.1) is 11.7 Å². The summed E-state index contributed by atoms with van der Waals surface area (Å²) in [6.07, 6.45) is 4.36. The van der Waals surface area contributed by atoms with Gasteiger partial charge in [0.15, 0.2) is 0 Å². The van der Waals surface area contributed by atoms with Crippen LogP contribution in [-0.4, -0.2) is 23.4 Å². The van der Waals surface area contributed by atoms with Crippen LogP contribution < -0.4 is 0 Å². The zero-order chi connectivity index (χ0) is 15.5. The monoisotopic (exact) mass is 354 g/mol. The van der Waals surface area contributed by atoms with Gasteiger partial charge in [-0.15, -0.1) is 0 Å². The van der Waals surface area contributed by atoms with E-state index in [9.17, 15) is 5.11 Å². The molecule has 118 valence electrons. The highest BCUT2D eigenvalue weighted by atomic mass is 79.9. The van der Waals surface area contributed by atoms with Gasteiger partial charge >= 0.3 is 0 Å². The summed E-state index contributed by atoms with van der Waals surface area (Å²) in [6, 6.07) is 8.19. The molecule has 0 saturated heterocycles. The second-order valence-corrected chi connectivity index (χ2v) is 7.92. The van der Waals surface area contributed by atoms with Crippen molar-refractivity contribution in [1.82, 2.24) is 0 Å². The summed E-state index contributed by atoms with van der Waals surface area (Å²) in [5.41, 5.74) is 1.17. The van der Waals surface area contributed by atoms with Crippen LogP contribution in [0.15, 0.2) is 28.7 Å². The third-order valence-corrected chi connectivity index (χ3v) is 5.36. The highest BCUT2D eigenvalue weighted by Crippen LogP contribution is 2.44. The fourth-order valence-corrected chi connectivity index (χ4v) is 3.51. The van der Waals surface area contributed by atoms with E-state index in [-0.39, 0.29) is 5.60 Å². The highest BCUT2D eigenvalue weighted by molar-refractivity contribution is 9.10. The van der Waals surface area contributed by atoms with E-state index in [4.69, 9.17) is 4.74 Å². The van der Waals surface area contributed by atoms with Gasteiger partial charge < -0.3 is 9.84 Å². The molecule has 3 heteroatoms. The maximum atomic E-state index is 10.8. The standard InChI is InChI=1S/C18H27BrO2/c1-4-21-18(11-9-17(2,3)10-12-18)16(20)13-14-5-7-15(19)8-6-14/h5-8,16,20H,4,9-13H2,1-3H3. The quantitative estimate of drug-likeness (QED) is 0.828. The van der Waals surface area contributed by atoms with E-state index in [1.165, 1.54) is 0 Å². The molecule has 0 bridgehead atoms. The van der Waals surface area contributed by atoms with Gasteiger partial charge in [-0.05, 0) is 55.7 Å². The largest absolute Gasteiger partial charge is 0.390 e. The molecule has 1 unspecified atom stereocenters. The minimum atomic E-state index is -0.435. The second-order valence-electron chi connectivity index (χ2n) is 7.01.